The van der Waals surface area contributed by atoms with Gasteiger partial charge in [0.15, 0.2) is 0 Å². The van der Waals surface area contributed by atoms with Crippen LogP contribution in [0.25, 0.3) is 0 Å². The molecule has 1 aromatic heterocycles. The Balaban J connectivity index is 0.00000225. The molecule has 1 aromatic rings. The van der Waals surface area contributed by atoms with Crippen molar-refractivity contribution in [3.05, 3.63) is 18.0 Å². The quantitative estimate of drug-likeness (QED) is 0.713. The molecule has 0 bridgehead atoms. The number of ether oxygens (including phenoxy) is 1. The summed E-state index contributed by atoms with van der Waals surface area (Å²) >= 11 is 0. The summed E-state index contributed by atoms with van der Waals surface area (Å²) in [6.07, 6.45) is 4.04. The van der Waals surface area contributed by atoms with Crippen LogP contribution in [0.5, 0.6) is 0 Å². The molecule has 0 atom stereocenters. The number of nitrogens with zero attached hydrogens (tertiary/aromatic N) is 2. The van der Waals surface area contributed by atoms with E-state index in [2.05, 4.69) is 28.1 Å². The molecule has 0 aliphatic heterocycles. The second-order valence-corrected chi connectivity index (χ2v) is 3.57. The number of nitrogens with one attached hydrogen (secondary N) is 1. The Hall–Kier alpha value is -0.580. The fourth-order valence-electron chi connectivity index (χ4n) is 1.48. The van der Waals surface area contributed by atoms with Gasteiger partial charge in [-0.15, -0.1) is 12.4 Å². The van der Waals surface area contributed by atoms with Gasteiger partial charge in [-0.25, -0.2) is 0 Å². The number of rotatable bonds is 8. The van der Waals surface area contributed by atoms with Crippen LogP contribution >= 0.6 is 12.4 Å². The Kier molecular flexibility index (Phi) is 9.28. The van der Waals surface area contributed by atoms with Crippen LogP contribution in [0.4, 0.5) is 0 Å². The third-order valence-electron chi connectivity index (χ3n) is 2.25. The van der Waals surface area contributed by atoms with E-state index in [9.17, 15) is 0 Å². The number of aromatic nitrogens is 2. The zero-order valence-electron chi connectivity index (χ0n) is 10.1. The Morgan fingerprint density at radius 1 is 1.50 bits per heavy atom. The first-order valence-corrected chi connectivity index (χ1v) is 5.58. The van der Waals surface area contributed by atoms with Crippen molar-refractivity contribution < 1.29 is 4.74 Å². The first kappa shape index (κ1) is 15.4. The van der Waals surface area contributed by atoms with Gasteiger partial charge in [-0.2, -0.15) is 5.10 Å². The Bertz CT molecular complexity index is 265. The van der Waals surface area contributed by atoms with Crippen molar-refractivity contribution in [1.29, 1.82) is 0 Å². The van der Waals surface area contributed by atoms with E-state index in [0.29, 0.717) is 0 Å². The largest absolute Gasteiger partial charge is 0.385 e. The van der Waals surface area contributed by atoms with Crippen molar-refractivity contribution in [2.45, 2.75) is 32.9 Å². The second kappa shape index (κ2) is 9.63. The van der Waals surface area contributed by atoms with Gasteiger partial charge in [0.1, 0.15) is 0 Å². The SMILES string of the molecule is CCCn1nccc1CNCCCOC.Cl. The molecule has 0 spiro atoms. The summed E-state index contributed by atoms with van der Waals surface area (Å²) in [7, 11) is 1.73. The molecule has 0 amide bonds. The standard InChI is InChI=1S/C11H21N3O.ClH/c1-3-8-14-11(5-7-13-14)10-12-6-4-9-15-2;/h5,7,12H,3-4,6,8-10H2,1-2H3;1H. The lowest BCUT2D eigenvalue weighted by atomic mass is 10.3. The highest BCUT2D eigenvalue weighted by Crippen LogP contribution is 1.99. The molecule has 0 saturated heterocycles. The number of hydrogen-bond acceptors (Lipinski definition) is 3. The molecule has 0 radical (unpaired) electrons. The Morgan fingerprint density at radius 2 is 2.31 bits per heavy atom. The maximum Gasteiger partial charge on any atom is 0.0522 e. The van der Waals surface area contributed by atoms with Gasteiger partial charge in [0.25, 0.3) is 0 Å². The topological polar surface area (TPSA) is 39.1 Å². The van der Waals surface area contributed by atoms with Gasteiger partial charge >= 0.3 is 0 Å². The molecule has 0 unspecified atom stereocenters. The third-order valence-corrected chi connectivity index (χ3v) is 2.25. The summed E-state index contributed by atoms with van der Waals surface area (Å²) in [6, 6.07) is 2.07. The summed E-state index contributed by atoms with van der Waals surface area (Å²) in [5.74, 6) is 0. The van der Waals surface area contributed by atoms with Crippen molar-refractivity contribution >= 4 is 12.4 Å². The van der Waals surface area contributed by atoms with Gasteiger partial charge < -0.3 is 10.1 Å². The first-order valence-electron chi connectivity index (χ1n) is 5.58. The minimum absolute atomic E-state index is 0. The second-order valence-electron chi connectivity index (χ2n) is 3.57. The summed E-state index contributed by atoms with van der Waals surface area (Å²) < 4.78 is 7.04. The molecule has 0 saturated carbocycles. The van der Waals surface area contributed by atoms with E-state index in [4.69, 9.17) is 4.74 Å². The molecule has 1 N–H and O–H groups in total. The van der Waals surface area contributed by atoms with Crippen LogP contribution < -0.4 is 5.32 Å². The highest BCUT2D eigenvalue weighted by molar-refractivity contribution is 5.85. The average Bonchev–Trinajstić information content (AvgIpc) is 2.66. The van der Waals surface area contributed by atoms with E-state index in [-0.39, 0.29) is 12.4 Å². The van der Waals surface area contributed by atoms with E-state index in [1.54, 1.807) is 7.11 Å². The van der Waals surface area contributed by atoms with Gasteiger partial charge in [0.2, 0.25) is 0 Å². The van der Waals surface area contributed by atoms with Crippen LogP contribution in [0.15, 0.2) is 12.3 Å². The van der Waals surface area contributed by atoms with E-state index in [1.165, 1.54) is 5.69 Å². The lowest BCUT2D eigenvalue weighted by molar-refractivity contribution is 0.194. The molecule has 16 heavy (non-hydrogen) atoms. The van der Waals surface area contributed by atoms with E-state index in [1.807, 2.05) is 6.20 Å². The molecule has 5 heteroatoms. The summed E-state index contributed by atoms with van der Waals surface area (Å²) in [6.45, 7) is 5.87. The predicted molar refractivity (Wildman–Crippen MR) is 68.0 cm³/mol. The molecule has 4 nitrogen and oxygen atoms in total. The maximum atomic E-state index is 4.98. The highest BCUT2D eigenvalue weighted by atomic mass is 35.5. The van der Waals surface area contributed by atoms with Crippen LogP contribution in [-0.2, 0) is 17.8 Å². The molecule has 94 valence electrons. The molecule has 1 rings (SSSR count). The lowest BCUT2D eigenvalue weighted by Crippen LogP contribution is -2.18. The minimum Gasteiger partial charge on any atom is -0.385 e. The third kappa shape index (κ3) is 5.49. The van der Waals surface area contributed by atoms with Crippen molar-refractivity contribution in [3.63, 3.8) is 0 Å². The van der Waals surface area contributed by atoms with Crippen molar-refractivity contribution in [2.24, 2.45) is 0 Å². The first-order chi connectivity index (χ1) is 7.38. The van der Waals surface area contributed by atoms with Gasteiger partial charge in [0, 0.05) is 33.0 Å². The van der Waals surface area contributed by atoms with Crippen molar-refractivity contribution in [3.8, 4) is 0 Å². The van der Waals surface area contributed by atoms with Crippen LogP contribution in [0.1, 0.15) is 25.5 Å². The summed E-state index contributed by atoms with van der Waals surface area (Å²) in [5, 5.41) is 7.65. The summed E-state index contributed by atoms with van der Waals surface area (Å²) in [4.78, 5) is 0. The summed E-state index contributed by atoms with van der Waals surface area (Å²) in [5.41, 5.74) is 1.26. The van der Waals surface area contributed by atoms with E-state index >= 15 is 0 Å². The fourth-order valence-corrected chi connectivity index (χ4v) is 1.48. The van der Waals surface area contributed by atoms with Gasteiger partial charge in [-0.3, -0.25) is 4.68 Å². The molecule has 0 aliphatic carbocycles. The Morgan fingerprint density at radius 3 is 3.00 bits per heavy atom. The molecular formula is C11H22ClN3O. The van der Waals surface area contributed by atoms with Gasteiger partial charge in [0.05, 0.1) is 5.69 Å². The molecule has 0 aromatic carbocycles. The normalized spacial score (nSPS) is 10.1. The maximum absolute atomic E-state index is 4.98. The smallest absolute Gasteiger partial charge is 0.0522 e. The molecular weight excluding hydrogens is 226 g/mol. The zero-order chi connectivity index (χ0) is 10.9. The number of halogens is 1. The van der Waals surface area contributed by atoms with Gasteiger partial charge in [-0.1, -0.05) is 6.92 Å². The number of aryl methyl sites for hydroxylation is 1. The highest BCUT2D eigenvalue weighted by Gasteiger charge is 1.99. The van der Waals surface area contributed by atoms with Crippen LogP contribution in [0.3, 0.4) is 0 Å². The van der Waals surface area contributed by atoms with E-state index in [0.717, 1.165) is 39.1 Å². The number of methoxy groups -OCH3 is 1. The monoisotopic (exact) mass is 247 g/mol. The average molecular weight is 248 g/mol. The lowest BCUT2D eigenvalue weighted by Gasteiger charge is -2.07. The van der Waals surface area contributed by atoms with Crippen molar-refractivity contribution in [2.75, 3.05) is 20.3 Å². The van der Waals surface area contributed by atoms with Crippen molar-refractivity contribution in [1.82, 2.24) is 15.1 Å². The van der Waals surface area contributed by atoms with Crippen LogP contribution in [0.2, 0.25) is 0 Å². The molecule has 1 heterocycles. The predicted octanol–water partition coefficient (Wildman–Crippen LogP) is 1.84. The number of hydrogen-bond donors (Lipinski definition) is 1. The minimum atomic E-state index is 0. The molecule has 0 fully saturated rings. The van der Waals surface area contributed by atoms with Crippen LogP contribution in [-0.4, -0.2) is 30.0 Å². The van der Waals surface area contributed by atoms with E-state index < -0.39 is 0 Å². The zero-order valence-corrected chi connectivity index (χ0v) is 10.9. The fraction of sp³-hybridized carbons (Fsp3) is 0.727. The molecule has 0 aliphatic rings. The van der Waals surface area contributed by atoms with Gasteiger partial charge in [-0.05, 0) is 25.5 Å². The van der Waals surface area contributed by atoms with Crippen LogP contribution in [0, 0.1) is 0 Å². The Labute approximate surface area is 104 Å².